The fourth-order valence-corrected chi connectivity index (χ4v) is 4.47. The van der Waals surface area contributed by atoms with Gasteiger partial charge in [-0.15, -0.1) is 0 Å². The first-order valence-corrected chi connectivity index (χ1v) is 10.3. The maximum Gasteiger partial charge on any atom is 0.356 e. The van der Waals surface area contributed by atoms with Gasteiger partial charge in [0.2, 0.25) is 5.60 Å². The van der Waals surface area contributed by atoms with Gasteiger partial charge in [0.1, 0.15) is 5.69 Å². The number of aromatic carboxylic acids is 1. The molecule has 0 bridgehead atoms. The lowest BCUT2D eigenvalue weighted by molar-refractivity contribution is -0.144. The van der Waals surface area contributed by atoms with E-state index in [-0.39, 0.29) is 17.9 Å². The summed E-state index contributed by atoms with van der Waals surface area (Å²) in [7, 11) is 1.64. The first-order chi connectivity index (χ1) is 14.9. The van der Waals surface area contributed by atoms with Gasteiger partial charge in [0.15, 0.2) is 11.5 Å². The van der Waals surface area contributed by atoms with Crippen molar-refractivity contribution in [3.8, 4) is 16.9 Å². The number of amides is 1. The van der Waals surface area contributed by atoms with Gasteiger partial charge in [0.05, 0.1) is 5.69 Å². The number of likely N-dealkylation sites (tertiary alicyclic amines) is 1. The Bertz CT molecular complexity index is 1200. The molecule has 2 aromatic heterocycles. The molecule has 1 saturated heterocycles. The van der Waals surface area contributed by atoms with Crippen LogP contribution in [-0.2, 0) is 23.2 Å². The number of aromatic nitrogens is 3. The normalized spacial score (nSPS) is 20.8. The highest BCUT2D eigenvalue weighted by Crippen LogP contribution is 2.35. The molecule has 2 aliphatic rings. The quantitative estimate of drug-likeness (QED) is 0.661. The number of fused-ring (bicyclic) bond motifs is 1. The van der Waals surface area contributed by atoms with Crippen LogP contribution in [0.1, 0.15) is 46.8 Å². The van der Waals surface area contributed by atoms with Gasteiger partial charge >= 0.3 is 5.97 Å². The van der Waals surface area contributed by atoms with Gasteiger partial charge < -0.3 is 19.6 Å². The van der Waals surface area contributed by atoms with Crippen molar-refractivity contribution in [3.05, 3.63) is 53.0 Å². The van der Waals surface area contributed by atoms with Crippen LogP contribution in [0.25, 0.3) is 16.9 Å². The smallest absolute Gasteiger partial charge is 0.356 e. The second-order valence-electron chi connectivity index (χ2n) is 8.16. The molecule has 160 valence electrons. The van der Waals surface area contributed by atoms with Crippen LogP contribution >= 0.6 is 0 Å². The van der Waals surface area contributed by atoms with E-state index in [1.165, 1.54) is 4.90 Å². The van der Waals surface area contributed by atoms with Crippen LogP contribution in [0.5, 0.6) is 0 Å². The molecule has 1 unspecified atom stereocenters. The molecule has 0 radical (unpaired) electrons. The van der Waals surface area contributed by atoms with Crippen LogP contribution in [-0.4, -0.2) is 55.5 Å². The lowest BCUT2D eigenvalue weighted by Crippen LogP contribution is -2.35. The number of carbonyl (C=O) groups excluding carboxylic acids is 1. The number of likely N-dealkylation sites (N-methyl/N-ethyl adjacent to an activating group) is 1. The fraction of sp³-hybridized carbons (Fsp3) is 0.364. The van der Waals surface area contributed by atoms with Crippen LogP contribution in [0.3, 0.4) is 0 Å². The molecule has 1 fully saturated rings. The number of carbonyl (C=O) groups is 2. The Kier molecular flexibility index (Phi) is 4.44. The third-order valence-corrected chi connectivity index (χ3v) is 6.20. The van der Waals surface area contributed by atoms with Crippen LogP contribution in [0.2, 0.25) is 0 Å². The standard InChI is InChI=1S/C22H22N4O5/c1-25-10-9-22(30,21(25)29)18-12-16(24-31-18)13-5-4-6-14(11-13)26-17-8-3-2-7-15(17)19(23-26)20(27)28/h4-6,11-12,30H,2-3,7-10H2,1H3,(H,27,28). The molecule has 0 spiro atoms. The highest BCUT2D eigenvalue weighted by Gasteiger charge is 2.48. The van der Waals surface area contributed by atoms with E-state index < -0.39 is 17.5 Å². The zero-order chi connectivity index (χ0) is 21.8. The van der Waals surface area contributed by atoms with Crippen molar-refractivity contribution in [2.24, 2.45) is 0 Å². The Morgan fingerprint density at radius 3 is 2.77 bits per heavy atom. The topological polar surface area (TPSA) is 122 Å². The minimum absolute atomic E-state index is 0.106. The predicted octanol–water partition coefficient (Wildman–Crippen LogP) is 2.15. The maximum atomic E-state index is 12.3. The lowest BCUT2D eigenvalue weighted by atomic mass is 9.95. The van der Waals surface area contributed by atoms with Crippen molar-refractivity contribution in [3.63, 3.8) is 0 Å². The van der Waals surface area contributed by atoms with E-state index in [9.17, 15) is 19.8 Å². The van der Waals surface area contributed by atoms with E-state index in [0.29, 0.717) is 24.2 Å². The third kappa shape index (κ3) is 3.04. The molecule has 9 heteroatoms. The summed E-state index contributed by atoms with van der Waals surface area (Å²) in [6.07, 6.45) is 3.68. The summed E-state index contributed by atoms with van der Waals surface area (Å²) >= 11 is 0. The van der Waals surface area contributed by atoms with Gasteiger partial charge in [-0.25, -0.2) is 9.48 Å². The number of rotatable bonds is 4. The summed E-state index contributed by atoms with van der Waals surface area (Å²) in [5.41, 5.74) is 2.06. The Labute approximate surface area is 177 Å². The highest BCUT2D eigenvalue weighted by molar-refractivity contribution is 5.88. The van der Waals surface area contributed by atoms with E-state index >= 15 is 0 Å². The minimum Gasteiger partial charge on any atom is -0.476 e. The van der Waals surface area contributed by atoms with Gasteiger partial charge in [0.25, 0.3) is 5.91 Å². The molecule has 5 rings (SSSR count). The Morgan fingerprint density at radius 2 is 2.03 bits per heavy atom. The average molecular weight is 422 g/mol. The van der Waals surface area contributed by atoms with Crippen LogP contribution in [0, 0.1) is 0 Å². The molecular weight excluding hydrogens is 400 g/mol. The Balaban J connectivity index is 1.52. The lowest BCUT2D eigenvalue weighted by Gasteiger charge is -2.16. The van der Waals surface area contributed by atoms with E-state index in [0.717, 1.165) is 36.2 Å². The number of benzene rings is 1. The number of hydrogen-bond acceptors (Lipinski definition) is 6. The molecule has 0 saturated carbocycles. The summed E-state index contributed by atoms with van der Waals surface area (Å²) in [4.78, 5) is 25.5. The van der Waals surface area contributed by atoms with E-state index in [1.807, 2.05) is 24.3 Å². The van der Waals surface area contributed by atoms with E-state index in [2.05, 4.69) is 10.3 Å². The Morgan fingerprint density at radius 1 is 1.23 bits per heavy atom. The molecular formula is C22H22N4O5. The van der Waals surface area contributed by atoms with Crippen molar-refractivity contribution >= 4 is 11.9 Å². The summed E-state index contributed by atoms with van der Waals surface area (Å²) in [6, 6.07) is 8.96. The third-order valence-electron chi connectivity index (χ3n) is 6.20. The average Bonchev–Trinajstić information content (AvgIpc) is 3.48. The predicted molar refractivity (Wildman–Crippen MR) is 109 cm³/mol. The molecule has 1 aliphatic carbocycles. The van der Waals surface area contributed by atoms with Crippen LogP contribution in [0.15, 0.2) is 34.9 Å². The van der Waals surface area contributed by atoms with Gasteiger partial charge in [-0.1, -0.05) is 17.3 Å². The van der Waals surface area contributed by atoms with E-state index in [4.69, 9.17) is 4.52 Å². The number of nitrogens with zero attached hydrogens (tertiary/aromatic N) is 4. The molecule has 1 aliphatic heterocycles. The number of hydrogen-bond donors (Lipinski definition) is 2. The fourth-order valence-electron chi connectivity index (χ4n) is 4.47. The first kappa shape index (κ1) is 19.5. The van der Waals surface area contributed by atoms with Crippen molar-refractivity contribution in [2.45, 2.75) is 37.7 Å². The Hall–Kier alpha value is -3.46. The number of aliphatic hydroxyl groups is 1. The van der Waals surface area contributed by atoms with Crippen molar-refractivity contribution in [1.29, 1.82) is 0 Å². The molecule has 1 aromatic carbocycles. The van der Waals surface area contributed by atoms with Gasteiger partial charge in [-0.05, 0) is 37.8 Å². The maximum absolute atomic E-state index is 12.3. The van der Waals surface area contributed by atoms with Gasteiger partial charge in [-0.2, -0.15) is 5.10 Å². The van der Waals surface area contributed by atoms with Crippen molar-refractivity contribution in [1.82, 2.24) is 19.8 Å². The zero-order valence-corrected chi connectivity index (χ0v) is 17.0. The van der Waals surface area contributed by atoms with Crippen molar-refractivity contribution in [2.75, 3.05) is 13.6 Å². The second kappa shape index (κ2) is 7.05. The zero-order valence-electron chi connectivity index (χ0n) is 17.0. The first-order valence-electron chi connectivity index (χ1n) is 10.3. The highest BCUT2D eigenvalue weighted by atomic mass is 16.5. The summed E-state index contributed by atoms with van der Waals surface area (Å²) < 4.78 is 7.05. The summed E-state index contributed by atoms with van der Waals surface area (Å²) in [5.74, 6) is -1.31. The molecule has 1 amide bonds. The number of carboxylic acids is 1. The summed E-state index contributed by atoms with van der Waals surface area (Å²) in [6.45, 7) is 0.442. The summed E-state index contributed by atoms with van der Waals surface area (Å²) in [5, 5.41) is 28.8. The molecule has 2 N–H and O–H groups in total. The molecule has 3 aromatic rings. The SMILES string of the molecule is CN1CCC(O)(c2cc(-c3cccc(-n4nc(C(=O)O)c5c4CCCC5)c3)no2)C1=O. The monoisotopic (exact) mass is 422 g/mol. The second-order valence-corrected chi connectivity index (χ2v) is 8.16. The van der Waals surface area contributed by atoms with Crippen LogP contribution < -0.4 is 0 Å². The van der Waals surface area contributed by atoms with Gasteiger partial charge in [-0.3, -0.25) is 4.79 Å². The molecule has 3 heterocycles. The van der Waals surface area contributed by atoms with E-state index in [1.54, 1.807) is 17.8 Å². The molecule has 9 nitrogen and oxygen atoms in total. The minimum atomic E-state index is -1.70. The number of carboxylic acid groups (broad SMARTS) is 1. The van der Waals surface area contributed by atoms with Crippen molar-refractivity contribution < 1.29 is 24.3 Å². The molecule has 31 heavy (non-hydrogen) atoms. The van der Waals surface area contributed by atoms with Gasteiger partial charge in [0, 0.05) is 42.9 Å². The molecule has 1 atom stereocenters. The largest absolute Gasteiger partial charge is 0.476 e. The van der Waals surface area contributed by atoms with Crippen LogP contribution in [0.4, 0.5) is 0 Å².